The molecule has 0 aliphatic rings. The third-order valence-electron chi connectivity index (χ3n) is 1.06. The molecule has 0 saturated carbocycles. The molecule has 2 nitrogen and oxygen atoms in total. The van der Waals surface area contributed by atoms with Crippen LogP contribution in [-0.4, -0.2) is 0 Å². The lowest BCUT2D eigenvalue weighted by Crippen LogP contribution is -1.74. The molecule has 0 unspecified atom stereocenters. The van der Waals surface area contributed by atoms with E-state index in [0.29, 0.717) is 4.91 Å². The molecule has 0 N–H and O–H groups in total. The number of allylic oxidation sites excluding steroid dienone is 5. The van der Waals surface area contributed by atoms with E-state index < -0.39 is 0 Å². The number of hydrogen-bond donors (Lipinski definition) is 0. The summed E-state index contributed by atoms with van der Waals surface area (Å²) in [6.07, 6.45) is 7.51. The number of nitrogens with zero attached hydrogens (tertiary/aromatic N) is 1. The van der Waals surface area contributed by atoms with E-state index in [4.69, 9.17) is 5.26 Å². The van der Waals surface area contributed by atoms with Gasteiger partial charge in [0.05, 0.1) is 4.91 Å². The van der Waals surface area contributed by atoms with Crippen LogP contribution in [0, 0.1) is 11.5 Å². The maximum Gasteiger partial charge on any atom is 0.300 e. The van der Waals surface area contributed by atoms with E-state index in [0.717, 1.165) is 12.0 Å². The molecule has 13 heavy (non-hydrogen) atoms. The molecular weight excluding hydrogens is 189 g/mol. The fraction of sp³-hybridized carbons (Fsp3) is 0.222. The molecule has 0 radical (unpaired) electrons. The number of hydrogen-bond acceptors (Lipinski definition) is 3. The van der Waals surface area contributed by atoms with E-state index in [1.165, 1.54) is 18.4 Å². The highest BCUT2D eigenvalue weighted by atomic mass is 32.2. The lowest BCUT2D eigenvalue weighted by molar-refractivity contribution is 0.598. The Morgan fingerprint density at radius 3 is 2.69 bits per heavy atom. The van der Waals surface area contributed by atoms with Crippen molar-refractivity contribution in [2.24, 2.45) is 0 Å². The van der Waals surface area contributed by atoms with Gasteiger partial charge >= 0.3 is 0 Å². The second-order valence-electron chi connectivity index (χ2n) is 1.98. The average molecular weight is 199 g/mol. The van der Waals surface area contributed by atoms with Crippen LogP contribution in [0.3, 0.4) is 0 Å². The zero-order chi connectivity index (χ0) is 10.1. The van der Waals surface area contributed by atoms with Gasteiger partial charge in [0.2, 0.25) is 0 Å². The minimum Gasteiger partial charge on any atom is -0.347 e. The summed E-state index contributed by atoms with van der Waals surface area (Å²) in [5.74, 6) is -0.359. The SMILES string of the molecule is C\C=C/C(=C\C(F)=C/C)SOC#N. The van der Waals surface area contributed by atoms with Gasteiger partial charge in [0, 0.05) is 0 Å². The fourth-order valence-electron chi connectivity index (χ4n) is 0.550. The van der Waals surface area contributed by atoms with Crippen molar-refractivity contribution in [1.82, 2.24) is 0 Å². The van der Waals surface area contributed by atoms with Crippen molar-refractivity contribution in [1.29, 1.82) is 5.26 Å². The Kier molecular flexibility index (Phi) is 6.75. The molecule has 4 heteroatoms. The highest BCUT2D eigenvalue weighted by Gasteiger charge is 1.96. The zero-order valence-electron chi connectivity index (χ0n) is 7.45. The second kappa shape index (κ2) is 7.44. The summed E-state index contributed by atoms with van der Waals surface area (Å²) in [6.45, 7) is 3.39. The van der Waals surface area contributed by atoms with Gasteiger partial charge in [0.1, 0.15) is 17.9 Å². The maximum absolute atomic E-state index is 12.7. The van der Waals surface area contributed by atoms with Gasteiger partial charge in [0.25, 0.3) is 6.26 Å². The van der Waals surface area contributed by atoms with Gasteiger partial charge in [-0.05, 0) is 26.0 Å². The molecule has 0 fully saturated rings. The van der Waals surface area contributed by atoms with Crippen LogP contribution in [-0.2, 0) is 4.18 Å². The molecule has 70 valence electrons. The van der Waals surface area contributed by atoms with Gasteiger partial charge in [-0.1, -0.05) is 12.2 Å². The van der Waals surface area contributed by atoms with E-state index in [-0.39, 0.29) is 5.83 Å². The first-order valence-corrected chi connectivity index (χ1v) is 4.37. The Morgan fingerprint density at radius 1 is 1.54 bits per heavy atom. The lowest BCUT2D eigenvalue weighted by atomic mass is 10.4. The van der Waals surface area contributed by atoms with E-state index in [9.17, 15) is 4.39 Å². The third-order valence-corrected chi connectivity index (χ3v) is 1.67. The molecule has 0 heterocycles. The van der Waals surface area contributed by atoms with Crippen LogP contribution < -0.4 is 0 Å². The quantitative estimate of drug-likeness (QED) is 0.395. The number of nitriles is 1. The van der Waals surface area contributed by atoms with Gasteiger partial charge in [-0.3, -0.25) is 0 Å². The Hall–Kier alpha value is -1.21. The molecule has 0 aromatic carbocycles. The topological polar surface area (TPSA) is 33.0 Å². The van der Waals surface area contributed by atoms with E-state index in [2.05, 4.69) is 4.18 Å². The fourth-order valence-corrected chi connectivity index (χ4v) is 1.04. The van der Waals surface area contributed by atoms with Crippen LogP contribution >= 0.6 is 12.0 Å². The summed E-state index contributed by atoms with van der Waals surface area (Å²) >= 11 is 0.822. The van der Waals surface area contributed by atoms with Crippen LogP contribution in [0.4, 0.5) is 4.39 Å². The van der Waals surface area contributed by atoms with Crippen molar-refractivity contribution in [2.75, 3.05) is 0 Å². The summed E-state index contributed by atoms with van der Waals surface area (Å²) in [5, 5.41) is 8.12. The van der Waals surface area contributed by atoms with Gasteiger partial charge < -0.3 is 4.18 Å². The minimum absolute atomic E-state index is 0.359. The largest absolute Gasteiger partial charge is 0.347 e. The van der Waals surface area contributed by atoms with Crippen LogP contribution in [0.2, 0.25) is 0 Å². The van der Waals surface area contributed by atoms with Crippen LogP contribution in [0.25, 0.3) is 0 Å². The van der Waals surface area contributed by atoms with Gasteiger partial charge in [-0.25, -0.2) is 4.39 Å². The molecule has 0 aliphatic carbocycles. The monoisotopic (exact) mass is 199 g/mol. The minimum atomic E-state index is -0.359. The van der Waals surface area contributed by atoms with Crippen molar-refractivity contribution in [3.05, 3.63) is 35.0 Å². The first kappa shape index (κ1) is 11.8. The standard InChI is InChI=1S/C9H10FNOS/c1-3-5-9(13-12-7-11)6-8(10)4-2/h3-6H,1-2H3/b5-3-,8-4+,9-6+. The summed E-state index contributed by atoms with van der Waals surface area (Å²) in [6, 6.07) is 0. The normalized spacial score (nSPS) is 13.1. The molecule has 0 bridgehead atoms. The summed E-state index contributed by atoms with van der Waals surface area (Å²) in [7, 11) is 0. The highest BCUT2D eigenvalue weighted by Crippen LogP contribution is 2.20. The first-order valence-electron chi connectivity index (χ1n) is 3.63. The summed E-state index contributed by atoms with van der Waals surface area (Å²) in [5.41, 5.74) is 0. The molecule has 0 saturated heterocycles. The molecule has 0 aromatic heterocycles. The Balaban J connectivity index is 4.42. The van der Waals surface area contributed by atoms with Crippen molar-refractivity contribution in [3.8, 4) is 6.26 Å². The summed E-state index contributed by atoms with van der Waals surface area (Å²) < 4.78 is 17.1. The number of rotatable bonds is 4. The Morgan fingerprint density at radius 2 is 2.23 bits per heavy atom. The van der Waals surface area contributed by atoms with Crippen LogP contribution in [0.5, 0.6) is 0 Å². The number of halogens is 1. The zero-order valence-corrected chi connectivity index (χ0v) is 8.27. The van der Waals surface area contributed by atoms with Crippen LogP contribution in [0.15, 0.2) is 35.0 Å². The second-order valence-corrected chi connectivity index (χ2v) is 2.78. The average Bonchev–Trinajstić information content (AvgIpc) is 2.14. The van der Waals surface area contributed by atoms with Crippen molar-refractivity contribution in [3.63, 3.8) is 0 Å². The van der Waals surface area contributed by atoms with Crippen molar-refractivity contribution < 1.29 is 8.57 Å². The Bertz CT molecular complexity index is 276. The van der Waals surface area contributed by atoms with Gasteiger partial charge in [-0.15, -0.1) is 5.26 Å². The predicted molar refractivity (Wildman–Crippen MR) is 52.1 cm³/mol. The van der Waals surface area contributed by atoms with Crippen molar-refractivity contribution in [2.45, 2.75) is 13.8 Å². The Labute approximate surface area is 81.6 Å². The molecule has 0 aromatic rings. The predicted octanol–water partition coefficient (Wildman–Crippen LogP) is 3.47. The first-order chi connectivity index (χ1) is 6.24. The lowest BCUT2D eigenvalue weighted by Gasteiger charge is -1.95. The third kappa shape index (κ3) is 6.00. The smallest absolute Gasteiger partial charge is 0.300 e. The maximum atomic E-state index is 12.7. The van der Waals surface area contributed by atoms with Crippen molar-refractivity contribution >= 4 is 12.0 Å². The van der Waals surface area contributed by atoms with Gasteiger partial charge in [0.15, 0.2) is 0 Å². The van der Waals surface area contributed by atoms with Crippen LogP contribution in [0.1, 0.15) is 13.8 Å². The molecule has 0 atom stereocenters. The summed E-state index contributed by atoms with van der Waals surface area (Å²) in [4.78, 5) is 0.541. The van der Waals surface area contributed by atoms with E-state index in [1.54, 1.807) is 26.0 Å². The molecule has 0 rings (SSSR count). The molecule has 0 spiro atoms. The molecular formula is C9H10FNOS. The van der Waals surface area contributed by atoms with Gasteiger partial charge in [-0.2, -0.15) is 0 Å². The van der Waals surface area contributed by atoms with E-state index >= 15 is 0 Å². The highest BCUT2D eigenvalue weighted by molar-refractivity contribution is 7.98. The molecule has 0 amide bonds. The molecule has 0 aliphatic heterocycles. The van der Waals surface area contributed by atoms with E-state index in [1.807, 2.05) is 0 Å².